The van der Waals surface area contributed by atoms with Gasteiger partial charge in [-0.15, -0.1) is 12.4 Å². The quantitative estimate of drug-likeness (QED) is 0.822. The Morgan fingerprint density at radius 2 is 1.93 bits per heavy atom. The van der Waals surface area contributed by atoms with Crippen LogP contribution in [0.4, 0.5) is 0 Å². The SMILES string of the molecule is CCc1ccc(-n2nc(C(=O)N(C)CC(C)(C)CN)c3c2CCC3)cc1.Cl. The first kappa shape index (κ1) is 21.5. The minimum absolute atomic E-state index is 0. The second-order valence-corrected chi connectivity index (χ2v) is 8.09. The first-order valence-corrected chi connectivity index (χ1v) is 9.52. The van der Waals surface area contributed by atoms with Crippen LogP contribution in [-0.4, -0.2) is 40.7 Å². The molecule has 5 nitrogen and oxygen atoms in total. The van der Waals surface area contributed by atoms with E-state index in [4.69, 9.17) is 10.8 Å². The van der Waals surface area contributed by atoms with Crippen LogP contribution in [0.2, 0.25) is 0 Å². The highest BCUT2D eigenvalue weighted by atomic mass is 35.5. The van der Waals surface area contributed by atoms with Crippen LogP contribution in [0.5, 0.6) is 0 Å². The molecular formula is C21H31ClN4O. The first-order chi connectivity index (χ1) is 12.4. The summed E-state index contributed by atoms with van der Waals surface area (Å²) < 4.78 is 1.97. The molecular weight excluding hydrogens is 360 g/mol. The van der Waals surface area contributed by atoms with E-state index in [-0.39, 0.29) is 23.7 Å². The van der Waals surface area contributed by atoms with Crippen LogP contribution in [0.3, 0.4) is 0 Å². The Morgan fingerprint density at radius 3 is 2.52 bits per heavy atom. The molecule has 2 aromatic rings. The van der Waals surface area contributed by atoms with Crippen LogP contribution in [-0.2, 0) is 19.3 Å². The van der Waals surface area contributed by atoms with Crippen molar-refractivity contribution < 1.29 is 4.79 Å². The molecule has 1 aromatic heterocycles. The lowest BCUT2D eigenvalue weighted by atomic mass is 9.93. The predicted octanol–water partition coefficient (Wildman–Crippen LogP) is 3.40. The molecule has 2 N–H and O–H groups in total. The molecule has 0 bridgehead atoms. The summed E-state index contributed by atoms with van der Waals surface area (Å²) in [4.78, 5) is 14.8. The van der Waals surface area contributed by atoms with Gasteiger partial charge in [0.1, 0.15) is 0 Å². The van der Waals surface area contributed by atoms with Crippen molar-refractivity contribution in [1.29, 1.82) is 0 Å². The van der Waals surface area contributed by atoms with Crippen LogP contribution >= 0.6 is 12.4 Å². The lowest BCUT2D eigenvalue weighted by Crippen LogP contribution is -2.40. The van der Waals surface area contributed by atoms with Gasteiger partial charge in [-0.25, -0.2) is 4.68 Å². The van der Waals surface area contributed by atoms with E-state index >= 15 is 0 Å². The summed E-state index contributed by atoms with van der Waals surface area (Å²) >= 11 is 0. The van der Waals surface area contributed by atoms with Gasteiger partial charge in [0.05, 0.1) is 5.69 Å². The summed E-state index contributed by atoms with van der Waals surface area (Å²) in [5.74, 6) is -0.00592. The molecule has 1 aromatic carbocycles. The Hall–Kier alpha value is -1.85. The number of nitrogens with zero attached hydrogens (tertiary/aromatic N) is 3. The molecule has 148 valence electrons. The fourth-order valence-corrected chi connectivity index (χ4v) is 3.65. The van der Waals surface area contributed by atoms with Gasteiger partial charge < -0.3 is 10.6 Å². The van der Waals surface area contributed by atoms with E-state index in [2.05, 4.69) is 45.0 Å². The minimum atomic E-state index is -0.105. The van der Waals surface area contributed by atoms with E-state index in [0.29, 0.717) is 18.8 Å². The standard InChI is InChI=1S/C21H30N4O.ClH/c1-5-15-9-11-16(12-10-15)25-18-8-6-7-17(18)19(23-25)20(26)24(4)14-21(2,3)13-22;/h9-12H,5-8,13-14,22H2,1-4H3;1H. The smallest absolute Gasteiger partial charge is 0.274 e. The molecule has 0 unspecified atom stereocenters. The maximum atomic E-state index is 13.1. The molecule has 0 spiro atoms. The fraction of sp³-hybridized carbons (Fsp3) is 0.524. The summed E-state index contributed by atoms with van der Waals surface area (Å²) in [6, 6.07) is 8.46. The number of hydrogen-bond acceptors (Lipinski definition) is 3. The average molecular weight is 391 g/mol. The topological polar surface area (TPSA) is 64.2 Å². The molecule has 1 heterocycles. The lowest BCUT2D eigenvalue weighted by Gasteiger charge is -2.28. The van der Waals surface area contributed by atoms with Crippen LogP contribution < -0.4 is 5.73 Å². The van der Waals surface area contributed by atoms with Crippen LogP contribution in [0.25, 0.3) is 5.69 Å². The highest BCUT2D eigenvalue weighted by Crippen LogP contribution is 2.29. The third-order valence-corrected chi connectivity index (χ3v) is 5.29. The van der Waals surface area contributed by atoms with E-state index in [1.54, 1.807) is 4.90 Å². The summed E-state index contributed by atoms with van der Waals surface area (Å²) in [7, 11) is 1.84. The van der Waals surface area contributed by atoms with Gasteiger partial charge in [-0.1, -0.05) is 32.9 Å². The zero-order valence-corrected chi connectivity index (χ0v) is 17.6. The molecule has 0 radical (unpaired) electrons. The van der Waals surface area contributed by atoms with Gasteiger partial charge in [0, 0.05) is 24.8 Å². The molecule has 6 heteroatoms. The van der Waals surface area contributed by atoms with Crippen molar-refractivity contribution in [3.8, 4) is 5.69 Å². The molecule has 3 rings (SSSR count). The molecule has 0 saturated heterocycles. The highest BCUT2D eigenvalue weighted by Gasteiger charge is 2.30. The second kappa shape index (κ2) is 8.44. The normalized spacial score (nSPS) is 13.2. The monoisotopic (exact) mass is 390 g/mol. The zero-order valence-electron chi connectivity index (χ0n) is 16.8. The molecule has 0 atom stereocenters. The lowest BCUT2D eigenvalue weighted by molar-refractivity contribution is 0.0733. The summed E-state index contributed by atoms with van der Waals surface area (Å²) in [6.45, 7) is 7.47. The number of hydrogen-bond donors (Lipinski definition) is 1. The number of carbonyl (C=O) groups is 1. The number of halogens is 1. The summed E-state index contributed by atoms with van der Waals surface area (Å²) in [5, 5.41) is 4.73. The number of amides is 1. The minimum Gasteiger partial charge on any atom is -0.340 e. The van der Waals surface area contributed by atoms with E-state index in [9.17, 15) is 4.79 Å². The van der Waals surface area contributed by atoms with Crippen molar-refractivity contribution in [2.75, 3.05) is 20.1 Å². The Labute approximate surface area is 168 Å². The molecule has 1 aliphatic carbocycles. The third kappa shape index (κ3) is 4.36. The molecule has 27 heavy (non-hydrogen) atoms. The number of carbonyl (C=O) groups excluding carboxylic acids is 1. The fourth-order valence-electron chi connectivity index (χ4n) is 3.65. The van der Waals surface area contributed by atoms with E-state index in [0.717, 1.165) is 36.9 Å². The van der Waals surface area contributed by atoms with Gasteiger partial charge in [0.15, 0.2) is 5.69 Å². The number of nitrogens with two attached hydrogens (primary N) is 1. The Morgan fingerprint density at radius 1 is 1.26 bits per heavy atom. The number of aromatic nitrogens is 2. The van der Waals surface area contributed by atoms with Crippen molar-refractivity contribution >= 4 is 18.3 Å². The number of aryl methyl sites for hydroxylation is 1. The summed E-state index contributed by atoms with van der Waals surface area (Å²) in [5.41, 5.74) is 11.0. The first-order valence-electron chi connectivity index (χ1n) is 9.52. The van der Waals surface area contributed by atoms with Crippen LogP contribution in [0, 0.1) is 5.41 Å². The van der Waals surface area contributed by atoms with Crippen molar-refractivity contribution in [2.45, 2.75) is 46.5 Å². The Kier molecular flexibility index (Phi) is 6.71. The number of rotatable bonds is 6. The number of benzene rings is 1. The van der Waals surface area contributed by atoms with Crippen molar-refractivity contribution in [3.05, 3.63) is 46.8 Å². The van der Waals surface area contributed by atoms with E-state index in [1.807, 2.05) is 11.7 Å². The van der Waals surface area contributed by atoms with Gasteiger partial charge in [-0.05, 0) is 55.3 Å². The van der Waals surface area contributed by atoms with Crippen LogP contribution in [0.1, 0.15) is 54.5 Å². The predicted molar refractivity (Wildman–Crippen MR) is 112 cm³/mol. The van der Waals surface area contributed by atoms with Crippen molar-refractivity contribution in [1.82, 2.24) is 14.7 Å². The van der Waals surface area contributed by atoms with Gasteiger partial charge in [0.25, 0.3) is 5.91 Å². The zero-order chi connectivity index (χ0) is 18.9. The van der Waals surface area contributed by atoms with Crippen molar-refractivity contribution in [3.63, 3.8) is 0 Å². The van der Waals surface area contributed by atoms with Gasteiger partial charge in [-0.3, -0.25) is 4.79 Å². The summed E-state index contributed by atoms with van der Waals surface area (Å²) in [6.07, 6.45) is 4.00. The van der Waals surface area contributed by atoms with Gasteiger partial charge >= 0.3 is 0 Å². The van der Waals surface area contributed by atoms with Gasteiger partial charge in [0.2, 0.25) is 0 Å². The maximum Gasteiger partial charge on any atom is 0.274 e. The van der Waals surface area contributed by atoms with E-state index < -0.39 is 0 Å². The molecule has 0 fully saturated rings. The number of fused-ring (bicyclic) bond motifs is 1. The molecule has 1 amide bonds. The average Bonchev–Trinajstić information content (AvgIpc) is 3.23. The van der Waals surface area contributed by atoms with Crippen molar-refractivity contribution in [2.24, 2.45) is 11.1 Å². The Bertz CT molecular complexity index is 795. The molecule has 0 saturated carbocycles. The second-order valence-electron chi connectivity index (χ2n) is 8.09. The Balaban J connectivity index is 0.00000261. The molecule has 1 aliphatic rings. The molecule has 0 aliphatic heterocycles. The van der Waals surface area contributed by atoms with E-state index in [1.165, 1.54) is 11.3 Å². The maximum absolute atomic E-state index is 13.1. The highest BCUT2D eigenvalue weighted by molar-refractivity contribution is 5.94. The third-order valence-electron chi connectivity index (χ3n) is 5.29. The largest absolute Gasteiger partial charge is 0.340 e. The van der Waals surface area contributed by atoms with Crippen LogP contribution in [0.15, 0.2) is 24.3 Å². The van der Waals surface area contributed by atoms with Gasteiger partial charge in [-0.2, -0.15) is 5.10 Å².